The first kappa shape index (κ1) is 19.4. The summed E-state index contributed by atoms with van der Waals surface area (Å²) in [5.41, 5.74) is 2.52. The van der Waals surface area contributed by atoms with Crippen molar-refractivity contribution in [1.82, 2.24) is 0 Å². The Morgan fingerprint density at radius 3 is 2.62 bits per heavy atom. The summed E-state index contributed by atoms with van der Waals surface area (Å²) in [6, 6.07) is 6.09. The number of esters is 1. The van der Waals surface area contributed by atoms with Gasteiger partial charge in [-0.2, -0.15) is 0 Å². The van der Waals surface area contributed by atoms with E-state index in [9.17, 15) is 4.79 Å². The third-order valence-corrected chi connectivity index (χ3v) is 4.70. The van der Waals surface area contributed by atoms with Gasteiger partial charge in [-0.05, 0) is 51.7 Å². The number of hydrogen-bond donors (Lipinski definition) is 0. The number of hydrogen-bond acceptors (Lipinski definition) is 4. The lowest BCUT2D eigenvalue weighted by atomic mass is 10.0. The summed E-state index contributed by atoms with van der Waals surface area (Å²) in [5, 5.41) is 0. The van der Waals surface area contributed by atoms with Crippen LogP contribution in [0.4, 0.5) is 0 Å². The molecule has 0 N–H and O–H groups in total. The molecule has 0 bridgehead atoms. The fourth-order valence-electron chi connectivity index (χ4n) is 2.61. The molecule has 0 spiro atoms. The molecule has 5 heteroatoms. The standard InChI is InChI=1S/C19H27BrO4/c1-13-5-6-14(12-23-15-7-9-22-10-8-15)16(11-13)17(20)18(21)24-19(2,3)4/h5-6,11,15,17H,7-10,12H2,1-4H3. The van der Waals surface area contributed by atoms with Crippen LogP contribution in [0.25, 0.3) is 0 Å². The van der Waals surface area contributed by atoms with Crippen LogP contribution in [0.15, 0.2) is 18.2 Å². The number of ether oxygens (including phenoxy) is 3. The zero-order valence-electron chi connectivity index (χ0n) is 14.9. The Labute approximate surface area is 153 Å². The highest BCUT2D eigenvalue weighted by molar-refractivity contribution is 9.09. The molecular weight excluding hydrogens is 372 g/mol. The predicted octanol–water partition coefficient (Wildman–Crippen LogP) is 4.47. The summed E-state index contributed by atoms with van der Waals surface area (Å²) >= 11 is 3.50. The maximum Gasteiger partial charge on any atom is 0.324 e. The van der Waals surface area contributed by atoms with Crippen molar-refractivity contribution in [2.75, 3.05) is 13.2 Å². The van der Waals surface area contributed by atoms with Crippen LogP contribution in [0.5, 0.6) is 0 Å². The second-order valence-electron chi connectivity index (χ2n) is 7.22. The lowest BCUT2D eigenvalue weighted by molar-refractivity contribution is -0.154. The number of halogens is 1. The van der Waals surface area contributed by atoms with Crippen LogP contribution in [0, 0.1) is 6.92 Å². The first-order valence-corrected chi connectivity index (χ1v) is 9.33. The van der Waals surface area contributed by atoms with Gasteiger partial charge in [0.2, 0.25) is 0 Å². The van der Waals surface area contributed by atoms with Gasteiger partial charge in [-0.15, -0.1) is 0 Å². The number of benzene rings is 1. The van der Waals surface area contributed by atoms with Crippen LogP contribution < -0.4 is 0 Å². The number of aryl methyl sites for hydroxylation is 1. The van der Waals surface area contributed by atoms with Crippen LogP contribution in [0.2, 0.25) is 0 Å². The average Bonchev–Trinajstić information content (AvgIpc) is 2.52. The summed E-state index contributed by atoms with van der Waals surface area (Å²) in [5.74, 6) is -0.277. The topological polar surface area (TPSA) is 44.8 Å². The largest absolute Gasteiger partial charge is 0.459 e. The molecule has 1 fully saturated rings. The summed E-state index contributed by atoms with van der Waals surface area (Å²) in [4.78, 5) is 11.9. The average molecular weight is 399 g/mol. The zero-order valence-corrected chi connectivity index (χ0v) is 16.5. The molecule has 0 aliphatic carbocycles. The van der Waals surface area contributed by atoms with Gasteiger partial charge in [0, 0.05) is 13.2 Å². The lowest BCUT2D eigenvalue weighted by Crippen LogP contribution is -2.26. The molecule has 1 aliphatic rings. The van der Waals surface area contributed by atoms with Gasteiger partial charge < -0.3 is 14.2 Å². The van der Waals surface area contributed by atoms with Gasteiger partial charge in [0.1, 0.15) is 10.4 Å². The third kappa shape index (κ3) is 5.87. The minimum absolute atomic E-state index is 0.225. The van der Waals surface area contributed by atoms with Crippen molar-refractivity contribution < 1.29 is 19.0 Å². The molecule has 1 heterocycles. The van der Waals surface area contributed by atoms with Crippen LogP contribution in [0.1, 0.15) is 55.1 Å². The van der Waals surface area contributed by atoms with E-state index < -0.39 is 10.4 Å². The predicted molar refractivity (Wildman–Crippen MR) is 97.3 cm³/mol. The molecule has 0 amide bonds. The van der Waals surface area contributed by atoms with Gasteiger partial charge in [-0.1, -0.05) is 39.7 Å². The van der Waals surface area contributed by atoms with Crippen molar-refractivity contribution in [3.8, 4) is 0 Å². The van der Waals surface area contributed by atoms with Crippen molar-refractivity contribution in [1.29, 1.82) is 0 Å². The van der Waals surface area contributed by atoms with Gasteiger partial charge in [0.05, 0.1) is 12.7 Å². The van der Waals surface area contributed by atoms with Crippen molar-refractivity contribution in [2.24, 2.45) is 0 Å². The minimum atomic E-state index is -0.508. The molecule has 2 rings (SSSR count). The molecule has 1 atom stereocenters. The molecule has 24 heavy (non-hydrogen) atoms. The normalized spacial score (nSPS) is 17.5. The zero-order chi connectivity index (χ0) is 17.7. The van der Waals surface area contributed by atoms with Gasteiger partial charge in [0.15, 0.2) is 0 Å². The summed E-state index contributed by atoms with van der Waals surface area (Å²) < 4.78 is 16.9. The first-order chi connectivity index (χ1) is 11.3. The molecule has 0 saturated carbocycles. The Bertz CT molecular complexity index is 559. The maximum atomic E-state index is 12.4. The van der Waals surface area contributed by atoms with Crippen LogP contribution >= 0.6 is 15.9 Å². The third-order valence-electron chi connectivity index (χ3n) is 3.83. The Balaban J connectivity index is 2.09. The maximum absolute atomic E-state index is 12.4. The molecule has 0 aromatic heterocycles. The quantitative estimate of drug-likeness (QED) is 0.542. The van der Waals surface area contributed by atoms with E-state index in [4.69, 9.17) is 14.2 Å². The van der Waals surface area contributed by atoms with E-state index >= 15 is 0 Å². The first-order valence-electron chi connectivity index (χ1n) is 8.42. The highest BCUT2D eigenvalue weighted by Crippen LogP contribution is 2.31. The molecule has 4 nitrogen and oxygen atoms in total. The summed E-state index contributed by atoms with van der Waals surface area (Å²) in [6.07, 6.45) is 2.07. The van der Waals surface area contributed by atoms with Gasteiger partial charge in [-0.3, -0.25) is 4.79 Å². The molecule has 1 aromatic carbocycles. The molecule has 0 radical (unpaired) electrons. The number of rotatable bonds is 5. The highest BCUT2D eigenvalue weighted by atomic mass is 79.9. The molecule has 134 valence electrons. The van der Waals surface area contributed by atoms with E-state index in [-0.39, 0.29) is 12.1 Å². The fraction of sp³-hybridized carbons (Fsp3) is 0.632. The Hall–Kier alpha value is -0.910. The number of carbonyl (C=O) groups excluding carboxylic acids is 1. The van der Waals surface area contributed by atoms with Crippen molar-refractivity contribution >= 4 is 21.9 Å². The lowest BCUT2D eigenvalue weighted by Gasteiger charge is -2.25. The minimum Gasteiger partial charge on any atom is -0.459 e. The van der Waals surface area contributed by atoms with Crippen molar-refractivity contribution in [3.05, 3.63) is 34.9 Å². The second kappa shape index (κ2) is 8.45. The SMILES string of the molecule is Cc1ccc(COC2CCOCC2)c(C(Br)C(=O)OC(C)(C)C)c1. The van der Waals surface area contributed by atoms with Crippen LogP contribution in [-0.2, 0) is 25.6 Å². The Morgan fingerprint density at radius 1 is 1.33 bits per heavy atom. The van der Waals surface area contributed by atoms with E-state index in [1.54, 1.807) is 0 Å². The van der Waals surface area contributed by atoms with Crippen molar-refractivity contribution in [2.45, 2.75) is 63.7 Å². The molecular formula is C19H27BrO4. The van der Waals surface area contributed by atoms with E-state index in [1.807, 2.05) is 45.9 Å². The van der Waals surface area contributed by atoms with Crippen molar-refractivity contribution in [3.63, 3.8) is 0 Å². The smallest absolute Gasteiger partial charge is 0.324 e. The summed E-state index contributed by atoms with van der Waals surface area (Å²) in [7, 11) is 0. The molecule has 1 aliphatic heterocycles. The second-order valence-corrected chi connectivity index (χ2v) is 8.14. The molecule has 1 unspecified atom stereocenters. The number of alkyl halides is 1. The van der Waals surface area contributed by atoms with Crippen LogP contribution in [-0.4, -0.2) is 30.9 Å². The van der Waals surface area contributed by atoms with E-state index in [0.717, 1.165) is 42.7 Å². The van der Waals surface area contributed by atoms with E-state index in [2.05, 4.69) is 15.9 Å². The van der Waals surface area contributed by atoms with Crippen LogP contribution in [0.3, 0.4) is 0 Å². The van der Waals surface area contributed by atoms with Gasteiger partial charge >= 0.3 is 5.97 Å². The Kier molecular flexibility index (Phi) is 6.84. The van der Waals surface area contributed by atoms with E-state index in [0.29, 0.717) is 6.61 Å². The highest BCUT2D eigenvalue weighted by Gasteiger charge is 2.26. The van der Waals surface area contributed by atoms with E-state index in [1.165, 1.54) is 0 Å². The summed E-state index contributed by atoms with van der Waals surface area (Å²) in [6.45, 7) is 9.63. The molecule has 1 aromatic rings. The fourth-order valence-corrected chi connectivity index (χ4v) is 3.13. The Morgan fingerprint density at radius 2 is 2.00 bits per heavy atom. The number of carbonyl (C=O) groups is 1. The monoisotopic (exact) mass is 398 g/mol. The van der Waals surface area contributed by atoms with Gasteiger partial charge in [-0.25, -0.2) is 0 Å². The molecule has 1 saturated heterocycles. The van der Waals surface area contributed by atoms with Gasteiger partial charge in [0.25, 0.3) is 0 Å².